The molecular formula is C31H31NO7. The third-order valence-electron chi connectivity index (χ3n) is 6.22. The Kier molecular flexibility index (Phi) is 8.34. The molecule has 1 amide bonds. The van der Waals surface area contributed by atoms with Gasteiger partial charge in [-0.3, -0.25) is 14.5 Å². The molecule has 1 aliphatic heterocycles. The fourth-order valence-electron chi connectivity index (χ4n) is 4.33. The number of carbonyl (C=O) groups is 3. The summed E-state index contributed by atoms with van der Waals surface area (Å²) in [4.78, 5) is 40.5. The van der Waals surface area contributed by atoms with E-state index in [-0.39, 0.29) is 23.5 Å². The molecule has 1 N–H and O–H groups in total. The van der Waals surface area contributed by atoms with Gasteiger partial charge >= 0.3 is 5.97 Å². The molecule has 202 valence electrons. The van der Waals surface area contributed by atoms with E-state index in [1.165, 1.54) is 18.1 Å². The summed E-state index contributed by atoms with van der Waals surface area (Å²) >= 11 is 0. The lowest BCUT2D eigenvalue weighted by molar-refractivity contribution is -0.132. The van der Waals surface area contributed by atoms with Gasteiger partial charge in [0.25, 0.3) is 11.7 Å². The predicted molar refractivity (Wildman–Crippen MR) is 147 cm³/mol. The Hall–Kier alpha value is -4.59. The number of hydrogen-bond acceptors (Lipinski definition) is 7. The first-order chi connectivity index (χ1) is 18.7. The molecule has 3 aromatic rings. The van der Waals surface area contributed by atoms with Crippen molar-refractivity contribution in [3.63, 3.8) is 0 Å². The highest BCUT2D eigenvalue weighted by Crippen LogP contribution is 2.42. The third-order valence-corrected chi connectivity index (χ3v) is 6.22. The Morgan fingerprint density at radius 1 is 0.949 bits per heavy atom. The summed E-state index contributed by atoms with van der Waals surface area (Å²) in [6.45, 7) is 6.52. The van der Waals surface area contributed by atoms with Crippen molar-refractivity contribution in [2.24, 2.45) is 5.92 Å². The smallest absolute Gasteiger partial charge is 0.338 e. The Morgan fingerprint density at radius 2 is 1.62 bits per heavy atom. The number of esters is 1. The summed E-state index contributed by atoms with van der Waals surface area (Å²) in [5.74, 6) is -0.948. The van der Waals surface area contributed by atoms with E-state index < -0.39 is 23.7 Å². The molecule has 1 saturated heterocycles. The van der Waals surface area contributed by atoms with Crippen LogP contribution in [-0.4, -0.2) is 43.1 Å². The lowest BCUT2D eigenvalue weighted by atomic mass is 9.95. The van der Waals surface area contributed by atoms with Crippen LogP contribution < -0.4 is 14.4 Å². The molecule has 8 nitrogen and oxygen atoms in total. The second kappa shape index (κ2) is 11.9. The van der Waals surface area contributed by atoms with Gasteiger partial charge < -0.3 is 19.3 Å². The van der Waals surface area contributed by atoms with Crippen molar-refractivity contribution in [3.05, 3.63) is 95.1 Å². The Morgan fingerprint density at radius 3 is 2.23 bits per heavy atom. The highest BCUT2D eigenvalue weighted by Gasteiger charge is 2.47. The Labute approximate surface area is 227 Å². The van der Waals surface area contributed by atoms with Gasteiger partial charge in [0, 0.05) is 11.3 Å². The maximum Gasteiger partial charge on any atom is 0.338 e. The quantitative estimate of drug-likeness (QED) is 0.168. The molecule has 39 heavy (non-hydrogen) atoms. The van der Waals surface area contributed by atoms with Crippen LogP contribution in [0, 0.1) is 5.92 Å². The van der Waals surface area contributed by atoms with Crippen LogP contribution in [0.15, 0.2) is 78.4 Å². The summed E-state index contributed by atoms with van der Waals surface area (Å²) in [6, 6.07) is 19.0. The first-order valence-corrected chi connectivity index (χ1v) is 12.7. The minimum Gasteiger partial charge on any atom is -0.507 e. The number of Topliss-reactive ketones (excluding diaryl/α,β-unsaturated/α-hetero) is 1. The topological polar surface area (TPSA) is 102 Å². The van der Waals surface area contributed by atoms with Crippen LogP contribution in [0.4, 0.5) is 5.69 Å². The third kappa shape index (κ3) is 5.80. The van der Waals surface area contributed by atoms with Gasteiger partial charge in [-0.05, 0) is 73.0 Å². The van der Waals surface area contributed by atoms with E-state index >= 15 is 0 Å². The summed E-state index contributed by atoms with van der Waals surface area (Å²) in [6.07, 6.45) is 0. The second-order valence-corrected chi connectivity index (χ2v) is 9.44. The molecule has 1 unspecified atom stereocenters. The highest BCUT2D eigenvalue weighted by atomic mass is 16.5. The van der Waals surface area contributed by atoms with Crippen molar-refractivity contribution in [2.75, 3.05) is 25.2 Å². The number of methoxy groups -OCH3 is 1. The summed E-state index contributed by atoms with van der Waals surface area (Å²) in [5, 5.41) is 11.4. The maximum absolute atomic E-state index is 13.4. The van der Waals surface area contributed by atoms with Crippen molar-refractivity contribution in [1.82, 2.24) is 0 Å². The van der Waals surface area contributed by atoms with Crippen LogP contribution in [0.3, 0.4) is 0 Å². The fraction of sp³-hybridized carbons (Fsp3) is 0.258. The van der Waals surface area contributed by atoms with Crippen molar-refractivity contribution in [1.29, 1.82) is 0 Å². The van der Waals surface area contributed by atoms with Gasteiger partial charge in [-0.1, -0.05) is 32.0 Å². The van der Waals surface area contributed by atoms with E-state index in [9.17, 15) is 19.5 Å². The minimum atomic E-state index is -0.954. The number of carbonyl (C=O) groups excluding carboxylic acids is 3. The molecule has 1 fully saturated rings. The van der Waals surface area contributed by atoms with Crippen LogP contribution in [0.25, 0.3) is 5.76 Å². The molecule has 1 heterocycles. The van der Waals surface area contributed by atoms with Crippen molar-refractivity contribution >= 4 is 29.1 Å². The second-order valence-electron chi connectivity index (χ2n) is 9.44. The fourth-order valence-corrected chi connectivity index (χ4v) is 4.33. The van der Waals surface area contributed by atoms with E-state index in [2.05, 4.69) is 0 Å². The summed E-state index contributed by atoms with van der Waals surface area (Å²) < 4.78 is 16.1. The van der Waals surface area contributed by atoms with Crippen molar-refractivity contribution in [2.45, 2.75) is 26.8 Å². The molecule has 4 rings (SSSR count). The SMILES string of the molecule is CCOC(=O)c1cccc(N2C(=O)C(=O)/C(=C(/O)c3ccc(OCC(C)C)cc3)C2c2ccc(OC)cc2)c1. The molecule has 3 aromatic carbocycles. The zero-order chi connectivity index (χ0) is 28.1. The Bertz CT molecular complexity index is 1390. The van der Waals surface area contributed by atoms with Gasteiger partial charge in [-0.2, -0.15) is 0 Å². The highest BCUT2D eigenvalue weighted by molar-refractivity contribution is 6.51. The van der Waals surface area contributed by atoms with E-state index in [1.807, 2.05) is 13.8 Å². The number of aliphatic hydroxyl groups is 1. The lowest BCUT2D eigenvalue weighted by Crippen LogP contribution is -2.29. The number of rotatable bonds is 9. The van der Waals surface area contributed by atoms with E-state index in [1.54, 1.807) is 73.7 Å². The molecule has 0 bridgehead atoms. The van der Waals surface area contributed by atoms with Gasteiger partial charge in [0.1, 0.15) is 17.3 Å². The number of anilines is 1. The molecule has 1 atom stereocenters. The molecule has 0 saturated carbocycles. The predicted octanol–water partition coefficient (Wildman–Crippen LogP) is 5.53. The van der Waals surface area contributed by atoms with Crippen LogP contribution >= 0.6 is 0 Å². The summed E-state index contributed by atoms with van der Waals surface area (Å²) in [5.41, 5.74) is 1.43. The number of ketones is 1. The van der Waals surface area contributed by atoms with Crippen molar-refractivity contribution < 1.29 is 33.7 Å². The average molecular weight is 530 g/mol. The van der Waals surface area contributed by atoms with E-state index in [4.69, 9.17) is 14.2 Å². The van der Waals surface area contributed by atoms with Crippen LogP contribution in [0.2, 0.25) is 0 Å². The van der Waals surface area contributed by atoms with Gasteiger partial charge in [0.05, 0.1) is 37.5 Å². The standard InChI is InChI=1S/C31H31NO7/c1-5-38-31(36)22-7-6-8-23(17-22)32-27(20-9-13-24(37-4)14-10-20)26(29(34)30(32)35)28(33)21-11-15-25(16-12-21)39-18-19(2)3/h6-17,19,27,33H,5,18H2,1-4H3/b28-26+. The number of hydrogen-bond donors (Lipinski definition) is 1. The van der Waals surface area contributed by atoms with E-state index in [0.29, 0.717) is 40.8 Å². The molecular weight excluding hydrogens is 498 g/mol. The van der Waals surface area contributed by atoms with Gasteiger partial charge in [0.15, 0.2) is 0 Å². The van der Waals surface area contributed by atoms with Crippen LogP contribution in [0.5, 0.6) is 11.5 Å². The zero-order valence-electron chi connectivity index (χ0n) is 22.3. The number of ether oxygens (including phenoxy) is 3. The summed E-state index contributed by atoms with van der Waals surface area (Å²) in [7, 11) is 1.54. The molecule has 0 aromatic heterocycles. The lowest BCUT2D eigenvalue weighted by Gasteiger charge is -2.26. The van der Waals surface area contributed by atoms with Crippen LogP contribution in [-0.2, 0) is 14.3 Å². The molecule has 8 heteroatoms. The van der Waals surface area contributed by atoms with E-state index in [0.717, 1.165) is 0 Å². The average Bonchev–Trinajstić information content (AvgIpc) is 3.22. The van der Waals surface area contributed by atoms with Gasteiger partial charge in [-0.15, -0.1) is 0 Å². The molecule has 1 aliphatic rings. The van der Waals surface area contributed by atoms with Gasteiger partial charge in [0.2, 0.25) is 0 Å². The van der Waals surface area contributed by atoms with Crippen molar-refractivity contribution in [3.8, 4) is 11.5 Å². The number of amides is 1. The number of benzene rings is 3. The van der Waals surface area contributed by atoms with Gasteiger partial charge in [-0.25, -0.2) is 4.79 Å². The molecule has 0 aliphatic carbocycles. The maximum atomic E-state index is 13.4. The first kappa shape index (κ1) is 27.4. The number of aliphatic hydroxyl groups excluding tert-OH is 1. The first-order valence-electron chi connectivity index (χ1n) is 12.7. The monoisotopic (exact) mass is 529 g/mol. The normalized spacial score (nSPS) is 16.4. The number of nitrogens with zero attached hydrogens (tertiary/aromatic N) is 1. The molecule has 0 spiro atoms. The zero-order valence-corrected chi connectivity index (χ0v) is 22.3. The minimum absolute atomic E-state index is 0.0671. The van der Waals surface area contributed by atoms with Crippen LogP contribution in [0.1, 0.15) is 48.3 Å². The Balaban J connectivity index is 1.82. The molecule has 0 radical (unpaired) electrons. The largest absolute Gasteiger partial charge is 0.507 e.